The van der Waals surface area contributed by atoms with E-state index < -0.39 is 0 Å². The van der Waals surface area contributed by atoms with Gasteiger partial charge in [-0.25, -0.2) is 9.97 Å². The summed E-state index contributed by atoms with van der Waals surface area (Å²) >= 11 is 0. The number of nitrogens with zero attached hydrogens (tertiary/aromatic N) is 4. The Bertz CT molecular complexity index is 993. The molecule has 0 spiro atoms. The standard InChI is InChI=1S/C20H21N5O2/c26-20(15-2-1-14-3-5-21-17(14)11-15)25-6-4-16-18(12-25)22-13-23-19(16)24-7-9-27-10-8-24/h1-3,5,11,13,21H,4,6-10,12H2. The van der Waals surface area contributed by atoms with Gasteiger partial charge in [0, 0.05) is 42.5 Å². The maximum Gasteiger partial charge on any atom is 0.254 e. The average molecular weight is 363 g/mol. The van der Waals surface area contributed by atoms with Gasteiger partial charge in [-0.1, -0.05) is 6.07 Å². The summed E-state index contributed by atoms with van der Waals surface area (Å²) in [4.78, 5) is 29.3. The SMILES string of the molecule is O=C(c1ccc2cc[nH]c2c1)N1CCc2c(ncnc2N2CCOCC2)C1. The van der Waals surface area contributed by atoms with Crippen LogP contribution in [0.5, 0.6) is 0 Å². The topological polar surface area (TPSA) is 74.4 Å². The monoisotopic (exact) mass is 363 g/mol. The highest BCUT2D eigenvalue weighted by atomic mass is 16.5. The van der Waals surface area contributed by atoms with Gasteiger partial charge >= 0.3 is 0 Å². The van der Waals surface area contributed by atoms with Crippen LogP contribution < -0.4 is 4.90 Å². The predicted octanol–water partition coefficient (Wildman–Crippen LogP) is 1.99. The third-order valence-corrected chi connectivity index (χ3v) is 5.38. The van der Waals surface area contributed by atoms with Crippen molar-refractivity contribution in [3.63, 3.8) is 0 Å². The molecular weight excluding hydrogens is 342 g/mol. The van der Waals surface area contributed by atoms with Gasteiger partial charge in [-0.3, -0.25) is 4.79 Å². The van der Waals surface area contributed by atoms with E-state index in [0.29, 0.717) is 18.7 Å². The van der Waals surface area contributed by atoms with Crippen LogP contribution in [0.1, 0.15) is 21.6 Å². The number of hydrogen-bond acceptors (Lipinski definition) is 5. The maximum absolute atomic E-state index is 13.0. The first-order valence-corrected chi connectivity index (χ1v) is 9.31. The van der Waals surface area contributed by atoms with Crippen LogP contribution in [-0.4, -0.2) is 58.6 Å². The highest BCUT2D eigenvalue weighted by Gasteiger charge is 2.27. The first-order chi connectivity index (χ1) is 13.3. The molecule has 0 radical (unpaired) electrons. The number of H-pyrrole nitrogens is 1. The Morgan fingerprint density at radius 2 is 2.00 bits per heavy atom. The molecule has 2 aliphatic heterocycles. The van der Waals surface area contributed by atoms with Crippen LogP contribution in [0.3, 0.4) is 0 Å². The number of nitrogens with one attached hydrogen (secondary N) is 1. The van der Waals surface area contributed by atoms with Gasteiger partial charge in [0.05, 0.1) is 25.5 Å². The van der Waals surface area contributed by atoms with Gasteiger partial charge in [0.25, 0.3) is 5.91 Å². The molecule has 1 aromatic carbocycles. The number of morpholine rings is 1. The Balaban J connectivity index is 1.39. The van der Waals surface area contributed by atoms with Crippen molar-refractivity contribution in [1.82, 2.24) is 19.9 Å². The second-order valence-electron chi connectivity index (χ2n) is 6.98. The van der Waals surface area contributed by atoms with Crippen LogP contribution in [0.15, 0.2) is 36.8 Å². The van der Waals surface area contributed by atoms with Gasteiger partial charge in [0.15, 0.2) is 0 Å². The Morgan fingerprint density at radius 1 is 1.11 bits per heavy atom. The van der Waals surface area contributed by atoms with Crippen LogP contribution in [0, 0.1) is 0 Å². The quantitative estimate of drug-likeness (QED) is 0.754. The van der Waals surface area contributed by atoms with Gasteiger partial charge in [-0.15, -0.1) is 0 Å². The number of carbonyl (C=O) groups excluding carboxylic acids is 1. The Kier molecular flexibility index (Phi) is 4.01. The number of carbonyl (C=O) groups is 1. The van der Waals surface area contributed by atoms with Gasteiger partial charge in [-0.2, -0.15) is 0 Å². The highest BCUT2D eigenvalue weighted by molar-refractivity contribution is 5.98. The molecule has 0 atom stereocenters. The number of amides is 1. The maximum atomic E-state index is 13.0. The van der Waals surface area contributed by atoms with Gasteiger partial charge in [0.2, 0.25) is 0 Å². The van der Waals surface area contributed by atoms with Crippen LogP contribution in [-0.2, 0) is 17.7 Å². The van der Waals surface area contributed by atoms with Gasteiger partial charge in [-0.05, 0) is 30.0 Å². The van der Waals surface area contributed by atoms with Crippen molar-refractivity contribution in [1.29, 1.82) is 0 Å². The van der Waals surface area contributed by atoms with E-state index in [9.17, 15) is 4.79 Å². The van der Waals surface area contributed by atoms with Crippen LogP contribution in [0.25, 0.3) is 10.9 Å². The smallest absolute Gasteiger partial charge is 0.254 e. The number of ether oxygens (including phenoxy) is 1. The lowest BCUT2D eigenvalue weighted by Gasteiger charge is -2.33. The normalized spacial score (nSPS) is 17.2. The minimum atomic E-state index is 0.0451. The highest BCUT2D eigenvalue weighted by Crippen LogP contribution is 2.27. The number of fused-ring (bicyclic) bond motifs is 2. The molecule has 1 N–H and O–H groups in total. The molecule has 7 heteroatoms. The molecule has 7 nitrogen and oxygen atoms in total. The Morgan fingerprint density at radius 3 is 2.89 bits per heavy atom. The van der Waals surface area contributed by atoms with Crippen molar-refractivity contribution >= 4 is 22.6 Å². The first-order valence-electron chi connectivity index (χ1n) is 9.31. The van der Waals surface area contributed by atoms with E-state index in [2.05, 4.69) is 19.9 Å². The molecule has 5 rings (SSSR count). The zero-order valence-corrected chi connectivity index (χ0v) is 15.0. The average Bonchev–Trinajstić information content (AvgIpc) is 3.21. The Labute approximate surface area is 157 Å². The van der Waals surface area contributed by atoms with Crippen LogP contribution in [0.4, 0.5) is 5.82 Å². The number of benzene rings is 1. The minimum absolute atomic E-state index is 0.0451. The molecule has 1 saturated heterocycles. The van der Waals surface area contributed by atoms with Crippen molar-refractivity contribution in [3.05, 3.63) is 53.6 Å². The van der Waals surface area contributed by atoms with E-state index in [1.54, 1.807) is 6.33 Å². The van der Waals surface area contributed by atoms with Crippen LogP contribution in [0.2, 0.25) is 0 Å². The summed E-state index contributed by atoms with van der Waals surface area (Å²) in [5, 5.41) is 1.11. The van der Waals surface area contributed by atoms with E-state index in [1.807, 2.05) is 35.4 Å². The number of aromatic nitrogens is 3. The zero-order chi connectivity index (χ0) is 18.2. The number of hydrogen-bond donors (Lipinski definition) is 1. The van der Waals surface area contributed by atoms with Gasteiger partial charge < -0.3 is 19.5 Å². The molecular formula is C20H21N5O2. The molecule has 0 unspecified atom stereocenters. The largest absolute Gasteiger partial charge is 0.378 e. The Hall–Kier alpha value is -2.93. The zero-order valence-electron chi connectivity index (χ0n) is 15.0. The van der Waals surface area contributed by atoms with Crippen molar-refractivity contribution < 1.29 is 9.53 Å². The summed E-state index contributed by atoms with van der Waals surface area (Å²) in [5.41, 5.74) is 3.81. The molecule has 138 valence electrons. The third kappa shape index (κ3) is 2.94. The van der Waals surface area contributed by atoms with E-state index in [-0.39, 0.29) is 5.91 Å². The lowest BCUT2D eigenvalue weighted by Crippen LogP contribution is -2.40. The number of rotatable bonds is 2. The van der Waals surface area contributed by atoms with E-state index in [4.69, 9.17) is 4.74 Å². The fourth-order valence-electron chi connectivity index (χ4n) is 3.92. The van der Waals surface area contributed by atoms with Crippen molar-refractivity contribution in [3.8, 4) is 0 Å². The molecule has 0 aliphatic carbocycles. The second kappa shape index (κ2) is 6.66. The molecule has 27 heavy (non-hydrogen) atoms. The molecule has 2 aromatic heterocycles. The molecule has 1 amide bonds. The molecule has 4 heterocycles. The number of anilines is 1. The van der Waals surface area contributed by atoms with E-state index in [1.165, 1.54) is 5.56 Å². The fourth-order valence-corrected chi connectivity index (χ4v) is 3.92. The summed E-state index contributed by atoms with van der Waals surface area (Å²) in [6.07, 6.45) is 4.28. The lowest BCUT2D eigenvalue weighted by atomic mass is 10.0. The lowest BCUT2D eigenvalue weighted by molar-refractivity contribution is 0.0731. The van der Waals surface area contributed by atoms with Crippen molar-refractivity contribution in [2.45, 2.75) is 13.0 Å². The second-order valence-corrected chi connectivity index (χ2v) is 6.98. The summed E-state index contributed by atoms with van der Waals surface area (Å²) in [6.45, 7) is 4.36. The van der Waals surface area contributed by atoms with Crippen molar-refractivity contribution in [2.24, 2.45) is 0 Å². The summed E-state index contributed by atoms with van der Waals surface area (Å²) in [5.74, 6) is 1.05. The molecule has 2 aliphatic rings. The third-order valence-electron chi connectivity index (χ3n) is 5.38. The number of aromatic amines is 1. The molecule has 0 saturated carbocycles. The molecule has 3 aromatic rings. The van der Waals surface area contributed by atoms with Crippen molar-refractivity contribution in [2.75, 3.05) is 37.7 Å². The minimum Gasteiger partial charge on any atom is -0.378 e. The van der Waals surface area contributed by atoms with Gasteiger partial charge in [0.1, 0.15) is 12.1 Å². The first kappa shape index (κ1) is 16.3. The fraction of sp³-hybridized carbons (Fsp3) is 0.350. The molecule has 1 fully saturated rings. The summed E-state index contributed by atoms with van der Waals surface area (Å²) in [7, 11) is 0. The summed E-state index contributed by atoms with van der Waals surface area (Å²) in [6, 6.07) is 7.81. The molecule has 0 bridgehead atoms. The van der Waals surface area contributed by atoms with E-state index in [0.717, 1.165) is 55.1 Å². The van der Waals surface area contributed by atoms with E-state index >= 15 is 0 Å². The predicted molar refractivity (Wildman–Crippen MR) is 102 cm³/mol. The summed E-state index contributed by atoms with van der Waals surface area (Å²) < 4.78 is 5.45. The van der Waals surface area contributed by atoms with Crippen LogP contribution >= 0.6 is 0 Å².